The average Bonchev–Trinajstić information content (AvgIpc) is 2.76. The molecule has 3 heterocycles. The molecular formula is C12H13N3O. The molecule has 0 unspecified atom stereocenters. The van der Waals surface area contributed by atoms with Gasteiger partial charge in [0.1, 0.15) is 5.78 Å². The van der Waals surface area contributed by atoms with Gasteiger partial charge in [0.15, 0.2) is 0 Å². The van der Waals surface area contributed by atoms with Gasteiger partial charge in [-0.1, -0.05) is 0 Å². The zero-order valence-corrected chi connectivity index (χ0v) is 8.86. The van der Waals surface area contributed by atoms with Gasteiger partial charge in [0.2, 0.25) is 0 Å². The van der Waals surface area contributed by atoms with Gasteiger partial charge in [-0.15, -0.1) is 0 Å². The summed E-state index contributed by atoms with van der Waals surface area (Å²) in [5.41, 5.74) is 2.82. The monoisotopic (exact) mass is 215 g/mol. The summed E-state index contributed by atoms with van der Waals surface area (Å²) in [6.45, 7) is 1.50. The Labute approximate surface area is 93.1 Å². The molecule has 0 bridgehead atoms. The van der Waals surface area contributed by atoms with Crippen molar-refractivity contribution >= 4 is 16.8 Å². The number of aromatic amines is 1. The van der Waals surface area contributed by atoms with Gasteiger partial charge >= 0.3 is 0 Å². The summed E-state index contributed by atoms with van der Waals surface area (Å²) in [5.74, 6) is 0.217. The van der Waals surface area contributed by atoms with Gasteiger partial charge in [-0.2, -0.15) is 0 Å². The molecule has 1 fully saturated rings. The number of piperidine rings is 1. The third-order valence-corrected chi connectivity index (χ3v) is 3.07. The van der Waals surface area contributed by atoms with Crippen LogP contribution in [-0.2, 0) is 4.79 Å². The molecule has 2 N–H and O–H groups in total. The molecule has 0 aliphatic carbocycles. The Morgan fingerprint density at radius 2 is 2.25 bits per heavy atom. The zero-order chi connectivity index (χ0) is 11.0. The topological polar surface area (TPSA) is 57.8 Å². The SMILES string of the molecule is O=C1CCNC[C@H]1c1ccc2[nH]ccc2n1. The van der Waals surface area contributed by atoms with Crippen molar-refractivity contribution in [2.75, 3.05) is 13.1 Å². The quantitative estimate of drug-likeness (QED) is 0.751. The largest absolute Gasteiger partial charge is 0.360 e. The molecular weight excluding hydrogens is 202 g/mol. The first-order valence-electron chi connectivity index (χ1n) is 5.52. The van der Waals surface area contributed by atoms with E-state index in [9.17, 15) is 4.79 Å². The minimum absolute atomic E-state index is 0.0759. The number of hydrogen-bond donors (Lipinski definition) is 2. The Kier molecular flexibility index (Phi) is 2.22. The van der Waals surface area contributed by atoms with Gasteiger partial charge in [0.05, 0.1) is 22.6 Å². The first kappa shape index (κ1) is 9.54. The predicted molar refractivity (Wildman–Crippen MR) is 61.3 cm³/mol. The lowest BCUT2D eigenvalue weighted by Gasteiger charge is -2.20. The summed E-state index contributed by atoms with van der Waals surface area (Å²) >= 11 is 0. The van der Waals surface area contributed by atoms with Gasteiger partial charge < -0.3 is 10.3 Å². The number of Topliss-reactive ketones (excluding diaryl/α,β-unsaturated/α-hetero) is 1. The number of fused-ring (bicyclic) bond motifs is 1. The summed E-state index contributed by atoms with van der Waals surface area (Å²) in [5, 5.41) is 3.24. The van der Waals surface area contributed by atoms with E-state index in [0.29, 0.717) is 18.7 Å². The molecule has 1 aliphatic heterocycles. The van der Waals surface area contributed by atoms with E-state index in [1.807, 2.05) is 24.4 Å². The summed E-state index contributed by atoms with van der Waals surface area (Å²) in [4.78, 5) is 19.4. The molecule has 82 valence electrons. The maximum Gasteiger partial charge on any atom is 0.144 e. The van der Waals surface area contributed by atoms with Crippen LogP contribution in [0.3, 0.4) is 0 Å². The molecule has 0 saturated carbocycles. The van der Waals surface area contributed by atoms with Crippen LogP contribution in [0, 0.1) is 0 Å². The number of ketones is 1. The van der Waals surface area contributed by atoms with E-state index in [1.54, 1.807) is 0 Å². The van der Waals surface area contributed by atoms with Crippen molar-refractivity contribution in [2.45, 2.75) is 12.3 Å². The molecule has 0 spiro atoms. The van der Waals surface area contributed by atoms with Gasteiger partial charge in [-0.3, -0.25) is 9.78 Å². The molecule has 0 amide bonds. The first-order chi connectivity index (χ1) is 7.84. The Morgan fingerprint density at radius 1 is 1.31 bits per heavy atom. The second-order valence-corrected chi connectivity index (χ2v) is 4.12. The normalized spacial score (nSPS) is 21.5. The number of hydrogen-bond acceptors (Lipinski definition) is 3. The van der Waals surface area contributed by atoms with E-state index < -0.39 is 0 Å². The van der Waals surface area contributed by atoms with E-state index in [1.165, 1.54) is 0 Å². The number of H-pyrrole nitrogens is 1. The lowest BCUT2D eigenvalue weighted by Crippen LogP contribution is -2.35. The maximum absolute atomic E-state index is 11.8. The minimum atomic E-state index is -0.0759. The van der Waals surface area contributed by atoms with Crippen LogP contribution < -0.4 is 5.32 Å². The van der Waals surface area contributed by atoms with Crippen LogP contribution in [0.5, 0.6) is 0 Å². The number of nitrogens with zero attached hydrogens (tertiary/aromatic N) is 1. The van der Waals surface area contributed by atoms with E-state index in [4.69, 9.17) is 0 Å². The van der Waals surface area contributed by atoms with Crippen molar-refractivity contribution in [2.24, 2.45) is 0 Å². The lowest BCUT2D eigenvalue weighted by molar-refractivity contribution is -0.121. The smallest absolute Gasteiger partial charge is 0.144 e. The van der Waals surface area contributed by atoms with E-state index in [-0.39, 0.29) is 5.92 Å². The molecule has 0 radical (unpaired) electrons. The van der Waals surface area contributed by atoms with Crippen LogP contribution in [0.25, 0.3) is 11.0 Å². The van der Waals surface area contributed by atoms with E-state index in [0.717, 1.165) is 23.3 Å². The second-order valence-electron chi connectivity index (χ2n) is 4.12. The molecule has 1 saturated heterocycles. The fourth-order valence-electron chi connectivity index (χ4n) is 2.16. The fraction of sp³-hybridized carbons (Fsp3) is 0.333. The highest BCUT2D eigenvalue weighted by atomic mass is 16.1. The van der Waals surface area contributed by atoms with Crippen molar-refractivity contribution in [1.29, 1.82) is 0 Å². The van der Waals surface area contributed by atoms with Crippen molar-refractivity contribution < 1.29 is 4.79 Å². The van der Waals surface area contributed by atoms with Crippen molar-refractivity contribution in [3.63, 3.8) is 0 Å². The zero-order valence-electron chi connectivity index (χ0n) is 8.86. The molecule has 3 rings (SSSR count). The number of carbonyl (C=O) groups excluding carboxylic acids is 1. The summed E-state index contributed by atoms with van der Waals surface area (Å²) in [7, 11) is 0. The Bertz CT molecular complexity index is 532. The Balaban J connectivity index is 2.00. The number of aromatic nitrogens is 2. The van der Waals surface area contributed by atoms with Crippen LogP contribution >= 0.6 is 0 Å². The second kappa shape index (κ2) is 3.72. The number of nitrogens with one attached hydrogen (secondary N) is 2. The molecule has 1 atom stereocenters. The maximum atomic E-state index is 11.8. The Hall–Kier alpha value is -1.68. The van der Waals surface area contributed by atoms with Crippen LogP contribution in [0.2, 0.25) is 0 Å². The van der Waals surface area contributed by atoms with Crippen molar-refractivity contribution in [3.05, 3.63) is 30.1 Å². The molecule has 4 nitrogen and oxygen atoms in total. The van der Waals surface area contributed by atoms with Gasteiger partial charge in [0.25, 0.3) is 0 Å². The fourth-order valence-corrected chi connectivity index (χ4v) is 2.16. The standard InChI is InChI=1S/C12H13N3O/c16-12-4-5-13-7-8(12)9-1-2-10-11(15-9)3-6-14-10/h1-3,6,8,13-14H,4-5,7H2/t8-/m0/s1. The minimum Gasteiger partial charge on any atom is -0.360 e. The van der Waals surface area contributed by atoms with Crippen LogP contribution in [0.4, 0.5) is 0 Å². The number of pyridine rings is 1. The van der Waals surface area contributed by atoms with Crippen LogP contribution in [0.1, 0.15) is 18.0 Å². The summed E-state index contributed by atoms with van der Waals surface area (Å²) < 4.78 is 0. The highest BCUT2D eigenvalue weighted by Crippen LogP contribution is 2.20. The highest BCUT2D eigenvalue weighted by Gasteiger charge is 2.24. The third-order valence-electron chi connectivity index (χ3n) is 3.07. The summed E-state index contributed by atoms with van der Waals surface area (Å²) in [6.07, 6.45) is 2.47. The average molecular weight is 215 g/mol. The third kappa shape index (κ3) is 1.51. The summed E-state index contributed by atoms with van der Waals surface area (Å²) in [6, 6.07) is 5.85. The number of rotatable bonds is 1. The first-order valence-corrected chi connectivity index (χ1v) is 5.52. The Morgan fingerprint density at radius 3 is 3.12 bits per heavy atom. The molecule has 2 aromatic heterocycles. The van der Waals surface area contributed by atoms with Crippen molar-refractivity contribution in [3.8, 4) is 0 Å². The lowest BCUT2D eigenvalue weighted by atomic mass is 9.94. The molecule has 4 heteroatoms. The molecule has 16 heavy (non-hydrogen) atoms. The molecule has 0 aromatic carbocycles. The van der Waals surface area contributed by atoms with Gasteiger partial charge in [-0.25, -0.2) is 0 Å². The highest BCUT2D eigenvalue weighted by molar-refractivity contribution is 5.87. The van der Waals surface area contributed by atoms with E-state index in [2.05, 4.69) is 15.3 Å². The van der Waals surface area contributed by atoms with Gasteiger partial charge in [-0.05, 0) is 18.2 Å². The predicted octanol–water partition coefficient (Wildman–Crippen LogP) is 1.21. The molecule has 2 aromatic rings. The van der Waals surface area contributed by atoms with Crippen molar-refractivity contribution in [1.82, 2.24) is 15.3 Å². The molecule has 1 aliphatic rings. The van der Waals surface area contributed by atoms with Crippen LogP contribution in [-0.4, -0.2) is 28.8 Å². The number of carbonyl (C=O) groups is 1. The van der Waals surface area contributed by atoms with Crippen LogP contribution in [0.15, 0.2) is 24.4 Å². The van der Waals surface area contributed by atoms with Gasteiger partial charge in [0, 0.05) is 25.7 Å². The van der Waals surface area contributed by atoms with E-state index >= 15 is 0 Å².